The molecule has 0 aliphatic heterocycles. The number of ether oxygens (including phenoxy) is 1. The van der Waals surface area contributed by atoms with Crippen LogP contribution in [0.5, 0.6) is 0 Å². The van der Waals surface area contributed by atoms with Crippen LogP contribution in [0.2, 0.25) is 0 Å². The first-order valence-electron chi connectivity index (χ1n) is 9.03. The maximum Gasteiger partial charge on any atom is 0.407 e. The number of nitrogens with one attached hydrogen (secondary N) is 3. The van der Waals surface area contributed by atoms with Gasteiger partial charge in [-0.15, -0.1) is 0 Å². The average molecular weight is 378 g/mol. The van der Waals surface area contributed by atoms with Gasteiger partial charge in [0, 0.05) is 29.1 Å². The van der Waals surface area contributed by atoms with Crippen LogP contribution in [-0.4, -0.2) is 35.8 Å². The highest BCUT2D eigenvalue weighted by molar-refractivity contribution is 5.99. The van der Waals surface area contributed by atoms with E-state index in [4.69, 9.17) is 4.74 Å². The number of hydrazone groups is 1. The minimum absolute atomic E-state index is 0.226. The molecule has 28 heavy (non-hydrogen) atoms. The fourth-order valence-corrected chi connectivity index (χ4v) is 2.82. The number of amides is 2. The molecule has 0 saturated heterocycles. The smallest absolute Gasteiger partial charge is 0.407 e. The zero-order valence-electron chi connectivity index (χ0n) is 15.5. The number of aromatic amines is 1. The number of nitrogens with zero attached hydrogens (tertiary/aromatic N) is 1. The van der Waals surface area contributed by atoms with Gasteiger partial charge in [-0.3, -0.25) is 4.79 Å². The van der Waals surface area contributed by atoms with Gasteiger partial charge >= 0.3 is 6.09 Å². The first-order valence-corrected chi connectivity index (χ1v) is 9.03. The highest BCUT2D eigenvalue weighted by atomic mass is 16.5. The maximum atomic E-state index is 12.6. The summed E-state index contributed by atoms with van der Waals surface area (Å²) in [5.41, 5.74) is 5.26. The second-order valence-corrected chi connectivity index (χ2v) is 6.13. The summed E-state index contributed by atoms with van der Waals surface area (Å²) < 4.78 is 4.90. The number of alkyl carbamates (subject to hydrolysis) is 1. The molecule has 0 aliphatic carbocycles. The third kappa shape index (κ3) is 4.97. The number of carbonyl (C=O) groups is 2. The molecule has 3 rings (SSSR count). The SMILES string of the molecule is CCOC(=O)N[C@@H](Cc1ccccc1)C(=O)N/N=C\c1c[nH]c2ccccc12. The van der Waals surface area contributed by atoms with Crippen LogP contribution in [0.1, 0.15) is 18.1 Å². The van der Waals surface area contributed by atoms with Crippen molar-refractivity contribution in [2.45, 2.75) is 19.4 Å². The lowest BCUT2D eigenvalue weighted by Crippen LogP contribution is -2.47. The molecule has 0 bridgehead atoms. The fraction of sp³-hybridized carbons (Fsp3) is 0.190. The fourth-order valence-electron chi connectivity index (χ4n) is 2.82. The molecule has 0 saturated carbocycles. The second kappa shape index (κ2) is 9.36. The van der Waals surface area contributed by atoms with Gasteiger partial charge in [-0.1, -0.05) is 48.5 Å². The highest BCUT2D eigenvalue weighted by Crippen LogP contribution is 2.15. The molecule has 0 spiro atoms. The summed E-state index contributed by atoms with van der Waals surface area (Å²) in [5.74, 6) is -0.423. The molecule has 2 aromatic carbocycles. The van der Waals surface area contributed by atoms with E-state index < -0.39 is 18.0 Å². The number of carbonyl (C=O) groups excluding carboxylic acids is 2. The number of rotatable bonds is 7. The van der Waals surface area contributed by atoms with Crippen molar-refractivity contribution >= 4 is 29.1 Å². The van der Waals surface area contributed by atoms with Crippen LogP contribution < -0.4 is 10.7 Å². The van der Waals surface area contributed by atoms with E-state index in [2.05, 4.69) is 20.8 Å². The van der Waals surface area contributed by atoms with Crippen molar-refractivity contribution < 1.29 is 14.3 Å². The number of fused-ring (bicyclic) bond motifs is 1. The Morgan fingerprint density at radius 1 is 1.14 bits per heavy atom. The summed E-state index contributed by atoms with van der Waals surface area (Å²) in [5, 5.41) is 7.63. The summed E-state index contributed by atoms with van der Waals surface area (Å²) in [6.07, 6.45) is 3.08. The summed E-state index contributed by atoms with van der Waals surface area (Å²) in [7, 11) is 0. The standard InChI is InChI=1S/C21H22N4O3/c1-2-28-21(27)24-19(12-15-8-4-3-5-9-15)20(26)25-23-14-16-13-22-18-11-7-6-10-17(16)18/h3-11,13-14,19,22H,2,12H2,1H3,(H,24,27)(H,25,26)/b23-14-/t19-/m0/s1. The number of H-pyrrole nitrogens is 1. The summed E-state index contributed by atoms with van der Waals surface area (Å²) in [6, 6.07) is 16.4. The van der Waals surface area contributed by atoms with Crippen molar-refractivity contribution in [1.29, 1.82) is 0 Å². The van der Waals surface area contributed by atoms with E-state index in [1.165, 1.54) is 0 Å². The van der Waals surface area contributed by atoms with Crippen LogP contribution in [0.4, 0.5) is 4.79 Å². The van der Waals surface area contributed by atoms with Crippen LogP contribution >= 0.6 is 0 Å². The first-order chi connectivity index (χ1) is 13.7. The molecule has 144 valence electrons. The van der Waals surface area contributed by atoms with Gasteiger partial charge in [-0.05, 0) is 18.6 Å². The van der Waals surface area contributed by atoms with Crippen molar-refractivity contribution in [3.63, 3.8) is 0 Å². The molecule has 1 heterocycles. The summed E-state index contributed by atoms with van der Waals surface area (Å²) in [6.45, 7) is 1.93. The van der Waals surface area contributed by atoms with Gasteiger partial charge in [0.2, 0.25) is 0 Å². The maximum absolute atomic E-state index is 12.6. The summed E-state index contributed by atoms with van der Waals surface area (Å²) in [4.78, 5) is 27.5. The van der Waals surface area contributed by atoms with Crippen molar-refractivity contribution in [3.8, 4) is 0 Å². The number of hydrogen-bond donors (Lipinski definition) is 3. The Labute approximate surface area is 162 Å². The lowest BCUT2D eigenvalue weighted by molar-refractivity contribution is -0.123. The molecule has 7 nitrogen and oxygen atoms in total. The molecule has 0 unspecified atom stereocenters. The third-order valence-corrected chi connectivity index (χ3v) is 4.17. The van der Waals surface area contributed by atoms with Gasteiger partial charge in [0.25, 0.3) is 5.91 Å². The Kier molecular flexibility index (Phi) is 6.41. The average Bonchev–Trinajstić information content (AvgIpc) is 3.12. The zero-order chi connectivity index (χ0) is 19.8. The van der Waals surface area contributed by atoms with Crippen LogP contribution in [0.15, 0.2) is 65.9 Å². The van der Waals surface area contributed by atoms with Gasteiger partial charge < -0.3 is 15.0 Å². The molecular formula is C21H22N4O3. The van der Waals surface area contributed by atoms with E-state index in [9.17, 15) is 9.59 Å². The van der Waals surface area contributed by atoms with Gasteiger partial charge in [0.1, 0.15) is 6.04 Å². The van der Waals surface area contributed by atoms with Gasteiger partial charge in [-0.25, -0.2) is 10.2 Å². The van der Waals surface area contributed by atoms with E-state index in [0.29, 0.717) is 6.42 Å². The molecule has 0 aliphatic rings. The molecule has 0 radical (unpaired) electrons. The first kappa shape index (κ1) is 19.2. The topological polar surface area (TPSA) is 95.6 Å². The van der Waals surface area contributed by atoms with E-state index in [1.54, 1.807) is 13.1 Å². The lowest BCUT2D eigenvalue weighted by Gasteiger charge is -2.16. The van der Waals surface area contributed by atoms with Crippen LogP contribution in [-0.2, 0) is 16.0 Å². The van der Waals surface area contributed by atoms with Crippen molar-refractivity contribution in [3.05, 3.63) is 71.9 Å². The minimum Gasteiger partial charge on any atom is -0.450 e. The predicted molar refractivity (Wildman–Crippen MR) is 108 cm³/mol. The monoisotopic (exact) mass is 378 g/mol. The second-order valence-electron chi connectivity index (χ2n) is 6.13. The third-order valence-electron chi connectivity index (χ3n) is 4.17. The van der Waals surface area contributed by atoms with E-state index in [1.807, 2.05) is 60.8 Å². The Bertz CT molecular complexity index is 966. The highest BCUT2D eigenvalue weighted by Gasteiger charge is 2.21. The van der Waals surface area contributed by atoms with Gasteiger partial charge in [-0.2, -0.15) is 5.10 Å². The lowest BCUT2D eigenvalue weighted by atomic mass is 10.1. The van der Waals surface area contributed by atoms with Crippen molar-refractivity contribution in [2.75, 3.05) is 6.61 Å². The molecule has 2 amide bonds. The van der Waals surface area contributed by atoms with E-state index in [0.717, 1.165) is 22.0 Å². The molecule has 0 fully saturated rings. The number of aromatic nitrogens is 1. The molecule has 1 aromatic heterocycles. The largest absolute Gasteiger partial charge is 0.450 e. The molecular weight excluding hydrogens is 356 g/mol. The van der Waals surface area contributed by atoms with Crippen LogP contribution in [0.3, 0.4) is 0 Å². The van der Waals surface area contributed by atoms with Crippen LogP contribution in [0.25, 0.3) is 10.9 Å². The van der Waals surface area contributed by atoms with E-state index >= 15 is 0 Å². The Balaban J connectivity index is 1.68. The van der Waals surface area contributed by atoms with Crippen molar-refractivity contribution in [1.82, 2.24) is 15.7 Å². The molecule has 3 N–H and O–H groups in total. The molecule has 7 heteroatoms. The molecule has 1 atom stereocenters. The van der Waals surface area contributed by atoms with Crippen LogP contribution in [0, 0.1) is 0 Å². The Morgan fingerprint density at radius 2 is 1.89 bits per heavy atom. The van der Waals surface area contributed by atoms with Crippen molar-refractivity contribution in [2.24, 2.45) is 5.10 Å². The number of para-hydroxylation sites is 1. The predicted octanol–water partition coefficient (Wildman–Crippen LogP) is 2.98. The van der Waals surface area contributed by atoms with E-state index in [-0.39, 0.29) is 6.61 Å². The summed E-state index contributed by atoms with van der Waals surface area (Å²) >= 11 is 0. The molecule has 3 aromatic rings. The quantitative estimate of drug-likeness (QED) is 0.436. The minimum atomic E-state index is -0.804. The zero-order valence-corrected chi connectivity index (χ0v) is 15.5. The van der Waals surface area contributed by atoms with Gasteiger partial charge in [0.05, 0.1) is 12.8 Å². The Hall–Kier alpha value is -3.61. The number of hydrogen-bond acceptors (Lipinski definition) is 4. The Morgan fingerprint density at radius 3 is 2.68 bits per heavy atom. The normalized spacial score (nSPS) is 12.0. The van der Waals surface area contributed by atoms with Gasteiger partial charge in [0.15, 0.2) is 0 Å². The number of benzene rings is 2.